The van der Waals surface area contributed by atoms with Crippen LogP contribution in [0, 0.1) is 5.92 Å². The first-order valence-corrected chi connectivity index (χ1v) is 7.52. The first-order valence-electron chi connectivity index (χ1n) is 7.52. The molecular formula is C14H25N3O3. The predicted octanol–water partition coefficient (Wildman–Crippen LogP) is -0.260. The number of rotatable bonds is 5. The Kier molecular flexibility index (Phi) is 5.79. The Labute approximate surface area is 120 Å². The highest BCUT2D eigenvalue weighted by Gasteiger charge is 2.27. The molecule has 0 aromatic carbocycles. The minimum Gasteiger partial charge on any atom is -0.377 e. The van der Waals surface area contributed by atoms with Crippen LogP contribution in [0.25, 0.3) is 0 Å². The number of nitrogens with one attached hydrogen (secondary N) is 2. The van der Waals surface area contributed by atoms with Gasteiger partial charge in [-0.15, -0.1) is 0 Å². The average Bonchev–Trinajstić information content (AvgIpc) is 2.99. The van der Waals surface area contributed by atoms with Gasteiger partial charge in [0.1, 0.15) is 0 Å². The number of piperidine rings is 1. The van der Waals surface area contributed by atoms with Crippen LogP contribution in [0.4, 0.5) is 0 Å². The summed E-state index contributed by atoms with van der Waals surface area (Å²) in [6.45, 7) is 3.20. The molecule has 2 atom stereocenters. The first kappa shape index (κ1) is 15.3. The number of nitrogens with zero attached hydrogens (tertiary/aromatic N) is 1. The van der Waals surface area contributed by atoms with E-state index in [-0.39, 0.29) is 23.8 Å². The highest BCUT2D eigenvalue weighted by atomic mass is 16.5. The van der Waals surface area contributed by atoms with Gasteiger partial charge in [0.15, 0.2) is 0 Å². The summed E-state index contributed by atoms with van der Waals surface area (Å²) in [6.07, 6.45) is 4.20. The van der Waals surface area contributed by atoms with Crippen LogP contribution in [0.2, 0.25) is 0 Å². The fourth-order valence-electron chi connectivity index (χ4n) is 2.88. The molecule has 2 amide bonds. The number of amides is 2. The Bertz CT molecular complexity index is 343. The highest BCUT2D eigenvalue weighted by Crippen LogP contribution is 2.16. The molecule has 0 saturated carbocycles. The SMILES string of the molecule is CNC(=O)[C@H]1CCCN(C(=O)CNC[C@@H]2CCCO2)C1. The molecule has 0 bridgehead atoms. The van der Waals surface area contributed by atoms with E-state index in [1.54, 1.807) is 11.9 Å². The summed E-state index contributed by atoms with van der Waals surface area (Å²) in [5.74, 6) is 0.0577. The van der Waals surface area contributed by atoms with E-state index in [0.29, 0.717) is 13.1 Å². The first-order chi connectivity index (χ1) is 9.70. The lowest BCUT2D eigenvalue weighted by atomic mass is 9.97. The van der Waals surface area contributed by atoms with Crippen LogP contribution >= 0.6 is 0 Å². The summed E-state index contributed by atoms with van der Waals surface area (Å²) < 4.78 is 5.50. The van der Waals surface area contributed by atoms with Crippen LogP contribution in [0.15, 0.2) is 0 Å². The monoisotopic (exact) mass is 283 g/mol. The van der Waals surface area contributed by atoms with Crippen molar-refractivity contribution in [3.63, 3.8) is 0 Å². The molecular weight excluding hydrogens is 258 g/mol. The molecule has 6 nitrogen and oxygen atoms in total. The second kappa shape index (κ2) is 7.59. The van der Waals surface area contributed by atoms with Gasteiger partial charge in [0.05, 0.1) is 18.6 Å². The van der Waals surface area contributed by atoms with E-state index in [1.807, 2.05) is 0 Å². The molecule has 0 spiro atoms. The lowest BCUT2D eigenvalue weighted by molar-refractivity contribution is -0.134. The third-order valence-corrected chi connectivity index (χ3v) is 4.06. The maximum absolute atomic E-state index is 12.1. The van der Waals surface area contributed by atoms with Gasteiger partial charge in [-0.05, 0) is 25.7 Å². The van der Waals surface area contributed by atoms with E-state index >= 15 is 0 Å². The predicted molar refractivity (Wildman–Crippen MR) is 75.2 cm³/mol. The molecule has 6 heteroatoms. The molecule has 114 valence electrons. The molecule has 0 aromatic rings. The molecule has 20 heavy (non-hydrogen) atoms. The van der Waals surface area contributed by atoms with Crippen molar-refractivity contribution in [2.24, 2.45) is 5.92 Å². The van der Waals surface area contributed by atoms with Crippen molar-refractivity contribution >= 4 is 11.8 Å². The number of carbonyl (C=O) groups excluding carboxylic acids is 2. The van der Waals surface area contributed by atoms with E-state index in [4.69, 9.17) is 4.74 Å². The smallest absolute Gasteiger partial charge is 0.236 e. The van der Waals surface area contributed by atoms with Gasteiger partial charge in [0.2, 0.25) is 11.8 Å². The zero-order valence-corrected chi connectivity index (χ0v) is 12.2. The van der Waals surface area contributed by atoms with Crippen LogP contribution in [0.1, 0.15) is 25.7 Å². The maximum atomic E-state index is 12.1. The number of ether oxygens (including phenoxy) is 1. The standard InChI is InChI=1S/C14H25N3O3/c1-15-14(19)11-4-2-6-17(10-11)13(18)9-16-8-12-5-3-7-20-12/h11-12,16H,2-10H2,1H3,(H,15,19)/t11-,12-/m0/s1. The Hall–Kier alpha value is -1.14. The molecule has 0 aromatic heterocycles. The second-order valence-corrected chi connectivity index (χ2v) is 5.56. The van der Waals surface area contributed by atoms with Crippen molar-refractivity contribution in [2.45, 2.75) is 31.8 Å². The van der Waals surface area contributed by atoms with E-state index in [1.165, 1.54) is 0 Å². The Morgan fingerprint density at radius 1 is 1.30 bits per heavy atom. The van der Waals surface area contributed by atoms with E-state index in [2.05, 4.69) is 10.6 Å². The Morgan fingerprint density at radius 3 is 2.85 bits per heavy atom. The third-order valence-electron chi connectivity index (χ3n) is 4.06. The summed E-state index contributed by atoms with van der Waals surface area (Å²) in [4.78, 5) is 25.6. The quantitative estimate of drug-likeness (QED) is 0.729. The molecule has 2 aliphatic rings. The van der Waals surface area contributed by atoms with Gasteiger partial charge in [-0.25, -0.2) is 0 Å². The van der Waals surface area contributed by atoms with Crippen molar-refractivity contribution in [1.82, 2.24) is 15.5 Å². The lowest BCUT2D eigenvalue weighted by Gasteiger charge is -2.32. The maximum Gasteiger partial charge on any atom is 0.236 e. The Morgan fingerprint density at radius 2 is 2.15 bits per heavy atom. The van der Waals surface area contributed by atoms with Crippen LogP contribution in [-0.4, -0.2) is 62.7 Å². The van der Waals surface area contributed by atoms with Gasteiger partial charge >= 0.3 is 0 Å². The fourth-order valence-corrected chi connectivity index (χ4v) is 2.88. The summed E-state index contributed by atoms with van der Waals surface area (Å²) in [7, 11) is 1.65. The lowest BCUT2D eigenvalue weighted by Crippen LogP contribution is -2.47. The van der Waals surface area contributed by atoms with Gasteiger partial charge < -0.3 is 20.3 Å². The van der Waals surface area contributed by atoms with E-state index in [0.717, 1.165) is 45.4 Å². The van der Waals surface area contributed by atoms with Gasteiger partial charge in [0, 0.05) is 33.3 Å². The van der Waals surface area contributed by atoms with Gasteiger partial charge in [-0.3, -0.25) is 9.59 Å². The molecule has 0 unspecified atom stereocenters. The van der Waals surface area contributed by atoms with Crippen molar-refractivity contribution in [3.8, 4) is 0 Å². The van der Waals surface area contributed by atoms with E-state index in [9.17, 15) is 9.59 Å². The van der Waals surface area contributed by atoms with Crippen LogP contribution in [0.3, 0.4) is 0 Å². The largest absolute Gasteiger partial charge is 0.377 e. The minimum atomic E-state index is -0.0594. The fraction of sp³-hybridized carbons (Fsp3) is 0.857. The topological polar surface area (TPSA) is 70.7 Å². The second-order valence-electron chi connectivity index (χ2n) is 5.56. The summed E-state index contributed by atoms with van der Waals surface area (Å²) >= 11 is 0. The summed E-state index contributed by atoms with van der Waals surface area (Å²) in [5.41, 5.74) is 0. The number of carbonyl (C=O) groups is 2. The highest BCUT2D eigenvalue weighted by molar-refractivity contribution is 5.81. The molecule has 2 rings (SSSR count). The van der Waals surface area contributed by atoms with E-state index < -0.39 is 0 Å². The molecule has 2 heterocycles. The molecule has 0 aliphatic carbocycles. The minimum absolute atomic E-state index is 0.0369. The number of hydrogen-bond donors (Lipinski definition) is 2. The van der Waals surface area contributed by atoms with Crippen LogP contribution in [0.5, 0.6) is 0 Å². The van der Waals surface area contributed by atoms with Gasteiger partial charge in [0.25, 0.3) is 0 Å². The average molecular weight is 283 g/mol. The number of likely N-dealkylation sites (tertiary alicyclic amines) is 1. The normalized spacial score (nSPS) is 26.6. The third kappa shape index (κ3) is 4.18. The summed E-state index contributed by atoms with van der Waals surface area (Å²) in [6, 6.07) is 0. The Balaban J connectivity index is 1.69. The zero-order chi connectivity index (χ0) is 14.4. The summed E-state index contributed by atoms with van der Waals surface area (Å²) in [5, 5.41) is 5.83. The molecule has 2 saturated heterocycles. The molecule has 2 N–H and O–H groups in total. The van der Waals surface area contributed by atoms with Crippen LogP contribution in [-0.2, 0) is 14.3 Å². The molecule has 2 fully saturated rings. The van der Waals surface area contributed by atoms with Crippen molar-refractivity contribution in [3.05, 3.63) is 0 Å². The van der Waals surface area contributed by atoms with Crippen LogP contribution < -0.4 is 10.6 Å². The number of hydrogen-bond acceptors (Lipinski definition) is 4. The van der Waals surface area contributed by atoms with Gasteiger partial charge in [-0.1, -0.05) is 0 Å². The van der Waals surface area contributed by atoms with Gasteiger partial charge in [-0.2, -0.15) is 0 Å². The molecule has 0 radical (unpaired) electrons. The van der Waals surface area contributed by atoms with Crippen molar-refractivity contribution < 1.29 is 14.3 Å². The zero-order valence-electron chi connectivity index (χ0n) is 12.2. The van der Waals surface area contributed by atoms with Crippen molar-refractivity contribution in [1.29, 1.82) is 0 Å². The van der Waals surface area contributed by atoms with Crippen molar-refractivity contribution in [2.75, 3.05) is 39.8 Å². The molecule has 2 aliphatic heterocycles.